The van der Waals surface area contributed by atoms with Crippen molar-refractivity contribution in [2.24, 2.45) is 0 Å². The van der Waals surface area contributed by atoms with Gasteiger partial charge in [0.25, 0.3) is 0 Å². The second-order valence-electron chi connectivity index (χ2n) is 4.39. The van der Waals surface area contributed by atoms with Gasteiger partial charge in [-0.3, -0.25) is 14.5 Å². The monoisotopic (exact) mass is 259 g/mol. The Morgan fingerprint density at radius 2 is 2.11 bits per heavy atom. The van der Waals surface area contributed by atoms with Gasteiger partial charge in [0, 0.05) is 32.6 Å². The quantitative estimate of drug-likeness (QED) is 0.520. The Morgan fingerprint density at radius 3 is 2.67 bits per heavy atom. The highest BCUT2D eigenvalue weighted by molar-refractivity contribution is 5.76. The molecule has 0 spiro atoms. The van der Waals surface area contributed by atoms with E-state index in [9.17, 15) is 14.7 Å². The minimum Gasteiger partial charge on any atom is -0.480 e. The number of carboxylic acid groups (broad SMARTS) is 1. The topological polar surface area (TPSA) is 93.1 Å². The summed E-state index contributed by atoms with van der Waals surface area (Å²) in [5.41, 5.74) is 0. The van der Waals surface area contributed by atoms with Gasteiger partial charge in [-0.1, -0.05) is 0 Å². The zero-order valence-electron chi connectivity index (χ0n) is 10.6. The van der Waals surface area contributed by atoms with Crippen LogP contribution in [-0.2, 0) is 9.59 Å². The Morgan fingerprint density at radius 1 is 1.39 bits per heavy atom. The first-order chi connectivity index (χ1) is 8.58. The number of nitrogens with one attached hydrogen (secondary N) is 1. The van der Waals surface area contributed by atoms with Gasteiger partial charge in [-0.25, -0.2) is 0 Å². The summed E-state index contributed by atoms with van der Waals surface area (Å²) in [7, 11) is 1.79. The van der Waals surface area contributed by atoms with Crippen LogP contribution in [0.1, 0.15) is 6.42 Å². The zero-order chi connectivity index (χ0) is 13.5. The van der Waals surface area contributed by atoms with E-state index in [1.54, 1.807) is 16.8 Å². The van der Waals surface area contributed by atoms with Gasteiger partial charge in [0.15, 0.2) is 0 Å². The Kier molecular flexibility index (Phi) is 6.03. The number of aliphatic hydroxyl groups excluding tert-OH is 1. The van der Waals surface area contributed by atoms with Crippen molar-refractivity contribution in [2.75, 3.05) is 46.4 Å². The van der Waals surface area contributed by atoms with Crippen LogP contribution in [0, 0.1) is 0 Å². The smallest absolute Gasteiger partial charge is 0.317 e. The van der Waals surface area contributed by atoms with Crippen molar-refractivity contribution in [3.05, 3.63) is 0 Å². The second kappa shape index (κ2) is 7.30. The van der Waals surface area contributed by atoms with Gasteiger partial charge in [-0.15, -0.1) is 0 Å². The van der Waals surface area contributed by atoms with Crippen molar-refractivity contribution in [3.63, 3.8) is 0 Å². The molecule has 0 radical (unpaired) electrons. The van der Waals surface area contributed by atoms with E-state index >= 15 is 0 Å². The number of carbonyl (C=O) groups is 2. The first kappa shape index (κ1) is 14.9. The van der Waals surface area contributed by atoms with Crippen LogP contribution < -0.4 is 5.32 Å². The molecule has 1 saturated heterocycles. The molecule has 18 heavy (non-hydrogen) atoms. The van der Waals surface area contributed by atoms with E-state index in [-0.39, 0.29) is 25.1 Å². The van der Waals surface area contributed by atoms with Gasteiger partial charge in [-0.05, 0) is 7.05 Å². The highest BCUT2D eigenvalue weighted by Gasteiger charge is 2.29. The number of aliphatic carboxylic acids is 1. The van der Waals surface area contributed by atoms with Crippen molar-refractivity contribution in [2.45, 2.75) is 12.5 Å². The lowest BCUT2D eigenvalue weighted by molar-refractivity contribution is -0.141. The van der Waals surface area contributed by atoms with E-state index in [0.717, 1.165) is 0 Å². The molecule has 7 nitrogen and oxygen atoms in total. The largest absolute Gasteiger partial charge is 0.480 e. The summed E-state index contributed by atoms with van der Waals surface area (Å²) < 4.78 is 0. The van der Waals surface area contributed by atoms with Crippen LogP contribution in [0.15, 0.2) is 0 Å². The number of hydrogen-bond donors (Lipinski definition) is 3. The van der Waals surface area contributed by atoms with Crippen LogP contribution in [0.25, 0.3) is 0 Å². The van der Waals surface area contributed by atoms with Crippen LogP contribution in [0.5, 0.6) is 0 Å². The highest BCUT2D eigenvalue weighted by Crippen LogP contribution is 2.10. The number of rotatable bonds is 6. The lowest BCUT2D eigenvalue weighted by Crippen LogP contribution is -2.57. The molecular weight excluding hydrogens is 238 g/mol. The fourth-order valence-electron chi connectivity index (χ4n) is 2.06. The molecule has 0 aliphatic carbocycles. The summed E-state index contributed by atoms with van der Waals surface area (Å²) in [6, 6.07) is -0.284. The maximum absolute atomic E-state index is 11.8. The van der Waals surface area contributed by atoms with E-state index in [1.165, 1.54) is 0 Å². The fraction of sp³-hybridized carbons (Fsp3) is 0.818. The van der Waals surface area contributed by atoms with Gasteiger partial charge in [0.2, 0.25) is 5.91 Å². The first-order valence-electron chi connectivity index (χ1n) is 6.07. The predicted molar refractivity (Wildman–Crippen MR) is 65.2 cm³/mol. The molecule has 0 bridgehead atoms. The Bertz CT molecular complexity index is 298. The third-order valence-corrected chi connectivity index (χ3v) is 3.10. The number of aliphatic hydroxyl groups is 1. The molecule has 0 aromatic heterocycles. The summed E-state index contributed by atoms with van der Waals surface area (Å²) in [6.07, 6.45) is 0.424. The molecule has 0 aromatic rings. The maximum atomic E-state index is 11.8. The summed E-state index contributed by atoms with van der Waals surface area (Å²) in [5, 5.41) is 20.9. The lowest BCUT2D eigenvalue weighted by atomic mass is 10.1. The Hall–Kier alpha value is -1.18. The van der Waals surface area contributed by atoms with Crippen molar-refractivity contribution < 1.29 is 19.8 Å². The number of hydrogen-bond acceptors (Lipinski definition) is 5. The third kappa shape index (κ3) is 4.25. The molecule has 1 fully saturated rings. The molecule has 3 N–H and O–H groups in total. The van der Waals surface area contributed by atoms with Crippen molar-refractivity contribution >= 4 is 11.9 Å². The molecule has 1 rings (SSSR count). The van der Waals surface area contributed by atoms with Crippen LogP contribution in [0.3, 0.4) is 0 Å². The molecule has 104 valence electrons. The molecule has 0 saturated carbocycles. The molecule has 1 unspecified atom stereocenters. The normalized spacial score (nSPS) is 21.0. The van der Waals surface area contributed by atoms with Crippen molar-refractivity contribution in [3.8, 4) is 0 Å². The number of piperazine rings is 1. The van der Waals surface area contributed by atoms with Crippen LogP contribution >= 0.6 is 0 Å². The number of nitrogens with zero attached hydrogens (tertiary/aromatic N) is 2. The molecule has 1 aliphatic rings. The highest BCUT2D eigenvalue weighted by atomic mass is 16.4. The molecule has 1 heterocycles. The summed E-state index contributed by atoms with van der Waals surface area (Å²) in [5.74, 6) is -0.874. The van der Waals surface area contributed by atoms with Gasteiger partial charge >= 0.3 is 5.97 Å². The predicted octanol–water partition coefficient (Wildman–Crippen LogP) is -1.81. The molecular formula is C11H21N3O4. The zero-order valence-corrected chi connectivity index (χ0v) is 10.6. The molecule has 1 atom stereocenters. The number of carboxylic acids is 1. The summed E-state index contributed by atoms with van der Waals surface area (Å²) in [4.78, 5) is 25.9. The minimum atomic E-state index is -0.914. The Balaban J connectivity index is 2.49. The third-order valence-electron chi connectivity index (χ3n) is 3.10. The standard InChI is InChI=1S/C11H21N3O4/c1-12-3-2-10(16)14-5-4-13(7-11(17)18)9(6-14)8-15/h9,12,15H,2-8H2,1H3,(H,17,18). The van der Waals surface area contributed by atoms with E-state index < -0.39 is 5.97 Å². The second-order valence-corrected chi connectivity index (χ2v) is 4.39. The van der Waals surface area contributed by atoms with E-state index in [4.69, 9.17) is 5.11 Å². The van der Waals surface area contributed by atoms with Crippen LogP contribution in [0.2, 0.25) is 0 Å². The average Bonchev–Trinajstić information content (AvgIpc) is 2.35. The van der Waals surface area contributed by atoms with Crippen molar-refractivity contribution in [1.82, 2.24) is 15.1 Å². The molecule has 0 aromatic carbocycles. The van der Waals surface area contributed by atoms with Crippen LogP contribution in [0.4, 0.5) is 0 Å². The molecule has 1 amide bonds. The van der Waals surface area contributed by atoms with Gasteiger partial charge in [-0.2, -0.15) is 0 Å². The van der Waals surface area contributed by atoms with Crippen molar-refractivity contribution in [1.29, 1.82) is 0 Å². The molecule has 1 aliphatic heterocycles. The van der Waals surface area contributed by atoms with Gasteiger partial charge in [0.1, 0.15) is 0 Å². The van der Waals surface area contributed by atoms with E-state index in [1.807, 2.05) is 0 Å². The first-order valence-corrected chi connectivity index (χ1v) is 6.07. The SMILES string of the molecule is CNCCC(=O)N1CCN(CC(=O)O)C(CO)C1. The van der Waals surface area contributed by atoms with E-state index in [2.05, 4.69) is 5.32 Å². The summed E-state index contributed by atoms with van der Waals surface area (Å²) >= 11 is 0. The van der Waals surface area contributed by atoms with E-state index in [0.29, 0.717) is 32.6 Å². The number of carbonyl (C=O) groups excluding carboxylic acids is 1. The average molecular weight is 259 g/mol. The Labute approximate surface area is 106 Å². The maximum Gasteiger partial charge on any atom is 0.317 e. The van der Waals surface area contributed by atoms with Gasteiger partial charge in [0.05, 0.1) is 19.2 Å². The molecule has 7 heteroatoms. The lowest BCUT2D eigenvalue weighted by Gasteiger charge is -2.39. The number of amides is 1. The minimum absolute atomic E-state index is 0.0396. The van der Waals surface area contributed by atoms with Crippen LogP contribution in [-0.4, -0.2) is 84.3 Å². The van der Waals surface area contributed by atoms with Gasteiger partial charge < -0.3 is 20.4 Å². The summed E-state index contributed by atoms with van der Waals surface area (Å²) in [6.45, 7) is 1.80. The fourth-order valence-corrected chi connectivity index (χ4v) is 2.06.